The van der Waals surface area contributed by atoms with Crippen LogP contribution in [0.3, 0.4) is 0 Å². The molecule has 0 saturated carbocycles. The van der Waals surface area contributed by atoms with Gasteiger partial charge < -0.3 is 19.8 Å². The molecular weight excluding hydrogens is 496 g/mol. The largest absolute Gasteiger partial charge is 0.497 e. The summed E-state index contributed by atoms with van der Waals surface area (Å²) >= 11 is 1.21. The van der Waals surface area contributed by atoms with Crippen LogP contribution in [-0.2, 0) is 11.2 Å². The maximum Gasteiger partial charge on any atom is 0.325 e. The van der Waals surface area contributed by atoms with Crippen LogP contribution in [0.1, 0.15) is 22.6 Å². The Morgan fingerprint density at radius 3 is 2.57 bits per heavy atom. The molecule has 0 unspecified atom stereocenters. The Labute approximate surface area is 216 Å². The molecule has 3 N–H and O–H groups in total. The SMILES string of the molecule is COc1ccc(OC)c(NC(=O)CSc2nnc(Cc3cc(=O)[nH]c(=O)[nH]3)n2-c2cc(C)ccc2C)c1. The number of H-pyrrole nitrogens is 2. The fourth-order valence-electron chi connectivity index (χ4n) is 3.72. The van der Waals surface area contributed by atoms with Crippen LogP contribution in [0.2, 0.25) is 0 Å². The Morgan fingerprint density at radius 2 is 1.84 bits per heavy atom. The van der Waals surface area contributed by atoms with Crippen LogP contribution in [-0.4, -0.2) is 50.6 Å². The zero-order valence-corrected chi connectivity index (χ0v) is 21.6. The number of carbonyl (C=O) groups excluding carboxylic acids is 1. The van der Waals surface area contributed by atoms with Crippen molar-refractivity contribution in [2.45, 2.75) is 25.4 Å². The third kappa shape index (κ3) is 6.09. The van der Waals surface area contributed by atoms with Gasteiger partial charge in [0.15, 0.2) is 5.16 Å². The molecule has 0 atom stereocenters. The third-order valence-corrected chi connectivity index (χ3v) is 6.41. The minimum absolute atomic E-state index is 0.0468. The number of aromatic nitrogens is 5. The van der Waals surface area contributed by atoms with Crippen molar-refractivity contribution in [1.29, 1.82) is 0 Å². The first-order chi connectivity index (χ1) is 17.8. The van der Waals surface area contributed by atoms with E-state index >= 15 is 0 Å². The number of nitrogens with one attached hydrogen (secondary N) is 3. The molecule has 1 amide bonds. The van der Waals surface area contributed by atoms with Gasteiger partial charge in [-0.1, -0.05) is 23.9 Å². The second-order valence-electron chi connectivity index (χ2n) is 8.22. The molecule has 11 nitrogen and oxygen atoms in total. The number of carbonyl (C=O) groups is 1. The van der Waals surface area contributed by atoms with E-state index in [0.29, 0.717) is 33.9 Å². The summed E-state index contributed by atoms with van der Waals surface area (Å²) in [4.78, 5) is 41.2. The van der Waals surface area contributed by atoms with Crippen LogP contribution < -0.4 is 26.0 Å². The van der Waals surface area contributed by atoms with Gasteiger partial charge in [-0.2, -0.15) is 0 Å². The van der Waals surface area contributed by atoms with Gasteiger partial charge in [0.1, 0.15) is 17.3 Å². The number of thioether (sulfide) groups is 1. The van der Waals surface area contributed by atoms with E-state index in [1.54, 1.807) is 25.3 Å². The molecule has 0 saturated heterocycles. The lowest BCUT2D eigenvalue weighted by atomic mass is 10.1. The molecule has 2 aromatic carbocycles. The Morgan fingerprint density at radius 1 is 1.03 bits per heavy atom. The zero-order valence-electron chi connectivity index (χ0n) is 20.7. The third-order valence-electron chi connectivity index (χ3n) is 5.48. The van der Waals surface area contributed by atoms with E-state index in [-0.39, 0.29) is 18.1 Å². The molecule has 0 aliphatic heterocycles. The van der Waals surface area contributed by atoms with Crippen molar-refractivity contribution in [3.05, 3.63) is 85.9 Å². The minimum Gasteiger partial charge on any atom is -0.497 e. The molecule has 0 aliphatic rings. The first-order valence-electron chi connectivity index (χ1n) is 11.3. The van der Waals surface area contributed by atoms with Gasteiger partial charge >= 0.3 is 5.69 Å². The topological polar surface area (TPSA) is 144 Å². The van der Waals surface area contributed by atoms with Crippen molar-refractivity contribution in [2.24, 2.45) is 0 Å². The Bertz CT molecular complexity index is 1530. The lowest BCUT2D eigenvalue weighted by Gasteiger charge is -2.14. The number of rotatable bonds is 9. The van der Waals surface area contributed by atoms with Gasteiger partial charge in [0.2, 0.25) is 5.91 Å². The average Bonchev–Trinajstić information content (AvgIpc) is 3.25. The molecule has 4 rings (SSSR count). The van der Waals surface area contributed by atoms with Crippen molar-refractivity contribution in [3.63, 3.8) is 0 Å². The van der Waals surface area contributed by atoms with Crippen LogP contribution >= 0.6 is 11.8 Å². The van der Waals surface area contributed by atoms with Gasteiger partial charge in [0.25, 0.3) is 5.56 Å². The Hall–Kier alpha value is -4.32. The van der Waals surface area contributed by atoms with E-state index in [4.69, 9.17) is 9.47 Å². The van der Waals surface area contributed by atoms with Crippen LogP contribution in [0.5, 0.6) is 11.5 Å². The predicted molar refractivity (Wildman–Crippen MR) is 140 cm³/mol. The summed E-state index contributed by atoms with van der Waals surface area (Å²) in [5.41, 5.74) is 2.62. The maximum absolute atomic E-state index is 12.8. The number of hydrogen-bond donors (Lipinski definition) is 3. The monoisotopic (exact) mass is 522 g/mol. The molecular formula is C25H26N6O5S. The highest BCUT2D eigenvalue weighted by Crippen LogP contribution is 2.30. The summed E-state index contributed by atoms with van der Waals surface area (Å²) in [7, 11) is 3.07. The van der Waals surface area contributed by atoms with Crippen LogP contribution in [0.4, 0.5) is 5.69 Å². The van der Waals surface area contributed by atoms with Gasteiger partial charge in [-0.15, -0.1) is 10.2 Å². The molecule has 0 bridgehead atoms. The van der Waals surface area contributed by atoms with E-state index in [1.807, 2.05) is 36.6 Å². The fourth-order valence-corrected chi connectivity index (χ4v) is 4.49. The lowest BCUT2D eigenvalue weighted by molar-refractivity contribution is -0.113. The van der Waals surface area contributed by atoms with E-state index in [0.717, 1.165) is 16.8 Å². The number of benzene rings is 2. The van der Waals surface area contributed by atoms with Gasteiger partial charge in [0, 0.05) is 24.2 Å². The summed E-state index contributed by atoms with van der Waals surface area (Å²) in [6.45, 7) is 3.94. The van der Waals surface area contributed by atoms with E-state index in [1.165, 1.54) is 24.9 Å². The number of anilines is 1. The number of methoxy groups -OCH3 is 2. The summed E-state index contributed by atoms with van der Waals surface area (Å²) in [5, 5.41) is 12.0. The van der Waals surface area contributed by atoms with Gasteiger partial charge in [-0.25, -0.2) is 4.79 Å². The summed E-state index contributed by atoms with van der Waals surface area (Å²) in [6.07, 6.45) is 0.160. The quantitative estimate of drug-likeness (QED) is 0.285. The smallest absolute Gasteiger partial charge is 0.325 e. The van der Waals surface area contributed by atoms with Crippen LogP contribution in [0, 0.1) is 13.8 Å². The number of hydrogen-bond acceptors (Lipinski definition) is 8. The van der Waals surface area contributed by atoms with E-state index in [9.17, 15) is 14.4 Å². The number of aromatic amines is 2. The van der Waals surface area contributed by atoms with Gasteiger partial charge in [-0.05, 0) is 43.2 Å². The number of nitrogens with zero attached hydrogens (tertiary/aromatic N) is 3. The second kappa shape index (κ2) is 11.2. The molecule has 2 heterocycles. The highest BCUT2D eigenvalue weighted by atomic mass is 32.2. The number of ether oxygens (including phenoxy) is 2. The van der Waals surface area contributed by atoms with Crippen molar-refractivity contribution >= 4 is 23.4 Å². The molecule has 0 radical (unpaired) electrons. The molecule has 192 valence electrons. The fraction of sp³-hybridized carbons (Fsp3) is 0.240. The molecule has 0 fully saturated rings. The second-order valence-corrected chi connectivity index (χ2v) is 9.16. The number of amides is 1. The molecule has 12 heteroatoms. The lowest BCUT2D eigenvalue weighted by Crippen LogP contribution is -2.23. The van der Waals surface area contributed by atoms with Crippen LogP contribution in [0.25, 0.3) is 5.69 Å². The molecule has 37 heavy (non-hydrogen) atoms. The highest BCUT2D eigenvalue weighted by Gasteiger charge is 2.19. The summed E-state index contributed by atoms with van der Waals surface area (Å²) in [5.74, 6) is 1.37. The van der Waals surface area contributed by atoms with Crippen molar-refractivity contribution < 1.29 is 14.3 Å². The van der Waals surface area contributed by atoms with Crippen LogP contribution in [0.15, 0.2) is 57.2 Å². The van der Waals surface area contributed by atoms with E-state index < -0.39 is 11.2 Å². The van der Waals surface area contributed by atoms with Crippen molar-refractivity contribution in [2.75, 3.05) is 25.3 Å². The first kappa shape index (κ1) is 25.8. The Kier molecular flexibility index (Phi) is 7.77. The molecule has 0 aliphatic carbocycles. The standard InChI is InChI=1S/C25H26N6O5S/c1-14-5-6-15(2)19(9-14)31-21(10-16-11-22(32)28-24(34)26-16)29-30-25(31)37-13-23(33)27-18-12-17(35-3)7-8-20(18)36-4/h5-9,11-12H,10,13H2,1-4H3,(H,27,33)(H2,26,28,32,34). The van der Waals surface area contributed by atoms with Gasteiger partial charge in [-0.3, -0.25) is 19.1 Å². The summed E-state index contributed by atoms with van der Waals surface area (Å²) < 4.78 is 12.4. The minimum atomic E-state index is -0.598. The average molecular weight is 523 g/mol. The highest BCUT2D eigenvalue weighted by molar-refractivity contribution is 7.99. The zero-order chi connectivity index (χ0) is 26.5. The normalized spacial score (nSPS) is 10.8. The van der Waals surface area contributed by atoms with E-state index in [2.05, 4.69) is 25.5 Å². The van der Waals surface area contributed by atoms with Gasteiger partial charge in [0.05, 0.1) is 31.3 Å². The Balaban J connectivity index is 1.63. The maximum atomic E-state index is 12.8. The summed E-state index contributed by atoms with van der Waals surface area (Å²) in [6, 6.07) is 12.4. The molecule has 4 aromatic rings. The predicted octanol–water partition coefficient (Wildman–Crippen LogP) is 2.60. The molecule has 2 aromatic heterocycles. The van der Waals surface area contributed by atoms with Crippen molar-refractivity contribution in [3.8, 4) is 17.2 Å². The molecule has 0 spiro atoms. The number of aryl methyl sites for hydroxylation is 2. The first-order valence-corrected chi connectivity index (χ1v) is 12.2. The van der Waals surface area contributed by atoms with Crippen molar-refractivity contribution in [1.82, 2.24) is 24.7 Å².